The summed E-state index contributed by atoms with van der Waals surface area (Å²) in [6.07, 6.45) is 2.50. The molecule has 1 aliphatic rings. The quantitative estimate of drug-likeness (QED) is 0.855. The van der Waals surface area contributed by atoms with Crippen molar-refractivity contribution in [3.05, 3.63) is 21.9 Å². The summed E-state index contributed by atoms with van der Waals surface area (Å²) in [6.45, 7) is 4.39. The van der Waals surface area contributed by atoms with Gasteiger partial charge in [0.15, 0.2) is 0 Å². The highest BCUT2D eigenvalue weighted by Gasteiger charge is 2.16. The summed E-state index contributed by atoms with van der Waals surface area (Å²) in [5, 5.41) is 2.11. The molecule has 4 heteroatoms. The molecule has 1 fully saturated rings. The smallest absolute Gasteiger partial charge is 0.0555 e. The van der Waals surface area contributed by atoms with Gasteiger partial charge < -0.3 is 15.4 Å². The minimum absolute atomic E-state index is 0.423. The van der Waals surface area contributed by atoms with E-state index in [1.54, 1.807) is 11.3 Å². The van der Waals surface area contributed by atoms with Gasteiger partial charge in [0.05, 0.1) is 13.2 Å². The fourth-order valence-corrected chi connectivity index (χ4v) is 3.30. The van der Waals surface area contributed by atoms with Crippen molar-refractivity contribution in [1.82, 2.24) is 4.90 Å². The molecule has 3 nitrogen and oxygen atoms in total. The number of hydrogen-bond acceptors (Lipinski definition) is 4. The summed E-state index contributed by atoms with van der Waals surface area (Å²) >= 11 is 1.77. The van der Waals surface area contributed by atoms with E-state index >= 15 is 0 Å². The van der Waals surface area contributed by atoms with Crippen molar-refractivity contribution in [3.8, 4) is 11.8 Å². The van der Waals surface area contributed by atoms with E-state index in [0.717, 1.165) is 31.9 Å². The van der Waals surface area contributed by atoms with Gasteiger partial charge in [-0.1, -0.05) is 11.8 Å². The average Bonchev–Trinajstić information content (AvgIpc) is 2.85. The van der Waals surface area contributed by atoms with Crippen molar-refractivity contribution < 1.29 is 4.74 Å². The number of rotatable bonds is 4. The van der Waals surface area contributed by atoms with Gasteiger partial charge in [0.2, 0.25) is 0 Å². The zero-order chi connectivity index (χ0) is 13.5. The number of hydrogen-bond donors (Lipinski definition) is 1. The largest absolute Gasteiger partial charge is 0.381 e. The molecule has 0 aliphatic carbocycles. The molecule has 2 N–H and O–H groups in total. The van der Waals surface area contributed by atoms with Crippen molar-refractivity contribution in [1.29, 1.82) is 0 Å². The van der Waals surface area contributed by atoms with Gasteiger partial charge in [-0.3, -0.25) is 0 Å². The Morgan fingerprint density at radius 3 is 3.21 bits per heavy atom. The van der Waals surface area contributed by atoms with Gasteiger partial charge in [0, 0.05) is 35.5 Å². The number of nitrogens with zero attached hydrogens (tertiary/aromatic N) is 1. The molecular weight excluding hydrogens is 256 g/mol. The molecule has 0 amide bonds. The van der Waals surface area contributed by atoms with Crippen LogP contribution in [0.15, 0.2) is 11.4 Å². The van der Waals surface area contributed by atoms with Crippen LogP contribution in [0.3, 0.4) is 0 Å². The molecule has 0 radical (unpaired) electrons. The molecule has 0 aromatic carbocycles. The van der Waals surface area contributed by atoms with E-state index in [9.17, 15) is 0 Å². The summed E-state index contributed by atoms with van der Waals surface area (Å²) in [4.78, 5) is 3.74. The average molecular weight is 278 g/mol. The second-order valence-electron chi connectivity index (χ2n) is 5.09. The predicted octanol–water partition coefficient (Wildman–Crippen LogP) is 1.92. The number of ether oxygens (including phenoxy) is 1. The molecule has 2 heterocycles. The van der Waals surface area contributed by atoms with E-state index in [4.69, 9.17) is 10.5 Å². The number of nitrogens with two attached hydrogens (primary N) is 1. The monoisotopic (exact) mass is 278 g/mol. The first-order valence-electron chi connectivity index (χ1n) is 6.80. The zero-order valence-corrected chi connectivity index (χ0v) is 12.3. The van der Waals surface area contributed by atoms with Gasteiger partial charge in [-0.15, -0.1) is 11.3 Å². The zero-order valence-electron chi connectivity index (χ0n) is 11.5. The highest BCUT2D eigenvalue weighted by atomic mass is 32.1. The molecule has 1 unspecified atom stereocenters. The van der Waals surface area contributed by atoms with Gasteiger partial charge in [-0.05, 0) is 31.9 Å². The van der Waals surface area contributed by atoms with Crippen LogP contribution in [-0.4, -0.2) is 38.3 Å². The maximum atomic E-state index is 5.53. The fraction of sp³-hybridized carbons (Fsp3) is 0.600. The molecule has 0 spiro atoms. The maximum absolute atomic E-state index is 5.53. The lowest BCUT2D eigenvalue weighted by atomic mass is 10.0. The van der Waals surface area contributed by atoms with Gasteiger partial charge >= 0.3 is 0 Å². The van der Waals surface area contributed by atoms with Gasteiger partial charge in [-0.25, -0.2) is 0 Å². The molecule has 2 rings (SSSR count). The molecular formula is C15H22N2OS. The Morgan fingerprint density at radius 2 is 2.47 bits per heavy atom. The normalized spacial score (nSPS) is 19.2. The second kappa shape index (κ2) is 7.66. The molecule has 1 atom stereocenters. The van der Waals surface area contributed by atoms with E-state index in [-0.39, 0.29) is 0 Å². The van der Waals surface area contributed by atoms with Gasteiger partial charge in [0.25, 0.3) is 0 Å². The highest BCUT2D eigenvalue weighted by molar-refractivity contribution is 7.10. The molecule has 1 aromatic rings. The lowest BCUT2D eigenvalue weighted by molar-refractivity contribution is 0.0413. The summed E-state index contributed by atoms with van der Waals surface area (Å²) in [6, 6.07) is 2.17. The Labute approximate surface area is 119 Å². The van der Waals surface area contributed by atoms with Crippen LogP contribution in [0.1, 0.15) is 23.3 Å². The summed E-state index contributed by atoms with van der Waals surface area (Å²) in [5.41, 5.74) is 6.46. The molecule has 0 bridgehead atoms. The van der Waals surface area contributed by atoms with Crippen molar-refractivity contribution in [2.24, 2.45) is 11.7 Å². The van der Waals surface area contributed by atoms with Crippen LogP contribution in [-0.2, 0) is 11.3 Å². The van der Waals surface area contributed by atoms with E-state index in [0.29, 0.717) is 12.5 Å². The third-order valence-electron chi connectivity index (χ3n) is 3.24. The summed E-state index contributed by atoms with van der Waals surface area (Å²) in [7, 11) is 2.18. The standard InChI is InChI=1S/C15H22N2OS/c1-17(9-14-5-3-7-18-11-14)10-15-8-13(12-19-15)4-2-6-16/h8,12,14H,3,5-7,9-11,16H2,1H3. The lowest BCUT2D eigenvalue weighted by Crippen LogP contribution is -2.30. The SMILES string of the molecule is CN(Cc1cc(C#CCN)cs1)CC1CCCOC1. The topological polar surface area (TPSA) is 38.5 Å². The molecule has 1 aliphatic heterocycles. The van der Waals surface area contributed by atoms with E-state index in [1.807, 2.05) is 0 Å². The van der Waals surface area contributed by atoms with Crippen LogP contribution in [0.4, 0.5) is 0 Å². The van der Waals surface area contributed by atoms with Crippen LogP contribution in [0, 0.1) is 17.8 Å². The van der Waals surface area contributed by atoms with E-state index < -0.39 is 0 Å². The Hall–Kier alpha value is -0.860. The second-order valence-corrected chi connectivity index (χ2v) is 6.08. The van der Waals surface area contributed by atoms with Crippen molar-refractivity contribution in [3.63, 3.8) is 0 Å². The van der Waals surface area contributed by atoms with Gasteiger partial charge in [-0.2, -0.15) is 0 Å². The van der Waals surface area contributed by atoms with E-state index in [2.05, 4.69) is 35.2 Å². The number of thiophene rings is 1. The van der Waals surface area contributed by atoms with Crippen LogP contribution in [0.5, 0.6) is 0 Å². The predicted molar refractivity (Wildman–Crippen MR) is 80.1 cm³/mol. The first-order valence-corrected chi connectivity index (χ1v) is 7.68. The third kappa shape index (κ3) is 4.96. The van der Waals surface area contributed by atoms with Crippen molar-refractivity contribution >= 4 is 11.3 Å². The molecule has 104 valence electrons. The van der Waals surface area contributed by atoms with Crippen LogP contribution in [0.25, 0.3) is 0 Å². The summed E-state index contributed by atoms with van der Waals surface area (Å²) in [5.74, 6) is 6.66. The van der Waals surface area contributed by atoms with E-state index in [1.165, 1.54) is 17.7 Å². The first kappa shape index (κ1) is 14.5. The van der Waals surface area contributed by atoms with Crippen LogP contribution < -0.4 is 5.73 Å². The Bertz CT molecular complexity index is 440. The minimum atomic E-state index is 0.423. The fourth-order valence-electron chi connectivity index (χ4n) is 2.40. The molecule has 19 heavy (non-hydrogen) atoms. The van der Waals surface area contributed by atoms with Gasteiger partial charge in [0.1, 0.15) is 0 Å². The van der Waals surface area contributed by atoms with Crippen LogP contribution in [0.2, 0.25) is 0 Å². The lowest BCUT2D eigenvalue weighted by Gasteiger charge is -2.26. The van der Waals surface area contributed by atoms with Crippen molar-refractivity contribution in [2.45, 2.75) is 19.4 Å². The molecule has 1 saturated heterocycles. The Kier molecular flexibility index (Phi) is 5.87. The highest BCUT2D eigenvalue weighted by Crippen LogP contribution is 2.18. The Balaban J connectivity index is 1.80. The summed E-state index contributed by atoms with van der Waals surface area (Å²) < 4.78 is 5.53. The van der Waals surface area contributed by atoms with Crippen LogP contribution >= 0.6 is 11.3 Å². The Morgan fingerprint density at radius 1 is 1.58 bits per heavy atom. The first-order chi connectivity index (χ1) is 9.28. The minimum Gasteiger partial charge on any atom is -0.381 e. The maximum Gasteiger partial charge on any atom is 0.0555 e. The third-order valence-corrected chi connectivity index (χ3v) is 4.16. The van der Waals surface area contributed by atoms with Crippen molar-refractivity contribution in [2.75, 3.05) is 33.4 Å². The molecule has 0 saturated carbocycles. The molecule has 1 aromatic heterocycles.